The third-order valence-electron chi connectivity index (χ3n) is 19.1. The molecule has 1 heteroatoms. The molecule has 10 aliphatic rings. The van der Waals surface area contributed by atoms with E-state index in [1.807, 2.05) is 39.0 Å². The van der Waals surface area contributed by atoms with Crippen LogP contribution in [-0.4, -0.2) is 12.1 Å². The van der Waals surface area contributed by atoms with Gasteiger partial charge in [-0.1, -0.05) is 128 Å². The van der Waals surface area contributed by atoms with Crippen LogP contribution in [0, 0.1) is 65.1 Å². The average Bonchev–Trinajstić information content (AvgIpc) is 3.30. The highest BCUT2D eigenvalue weighted by Crippen LogP contribution is 2.57. The van der Waals surface area contributed by atoms with Crippen molar-refractivity contribution in [3.63, 3.8) is 0 Å². The van der Waals surface area contributed by atoms with Crippen LogP contribution in [0.4, 0.5) is 0 Å². The first-order chi connectivity index (χ1) is 29.2. The first kappa shape index (κ1) is 40.9. The van der Waals surface area contributed by atoms with Crippen LogP contribution in [0.25, 0.3) is 0 Å². The van der Waals surface area contributed by atoms with Crippen LogP contribution in [-0.2, 0) is 0 Å². The summed E-state index contributed by atoms with van der Waals surface area (Å²) in [6, 6.07) is 1.25. The van der Waals surface area contributed by atoms with Crippen molar-refractivity contribution in [2.75, 3.05) is 0 Å². The fourth-order valence-electron chi connectivity index (χ4n) is 16.4. The molecule has 0 bridgehead atoms. The van der Waals surface area contributed by atoms with Gasteiger partial charge in [-0.3, -0.25) is 0 Å². The second-order valence-electron chi connectivity index (χ2n) is 22.0. The molecule has 0 aromatic rings. The number of allylic oxidation sites excluding steroid dienone is 15. The van der Waals surface area contributed by atoms with E-state index < -0.39 is 0 Å². The summed E-state index contributed by atoms with van der Waals surface area (Å²) in [6.45, 7) is 4.88. The Morgan fingerprint density at radius 3 is 2.36 bits per heavy atom. The number of nitrogens with one attached hydrogen (secondary N) is 1. The Morgan fingerprint density at radius 1 is 0.610 bits per heavy atom. The van der Waals surface area contributed by atoms with Gasteiger partial charge in [-0.25, -0.2) is 0 Å². The Morgan fingerprint density at radius 2 is 1.44 bits per heavy atom. The summed E-state index contributed by atoms with van der Waals surface area (Å²) in [7, 11) is 0. The van der Waals surface area contributed by atoms with Crippen LogP contribution in [0.1, 0.15) is 187 Å². The van der Waals surface area contributed by atoms with Gasteiger partial charge in [0.25, 0.3) is 0 Å². The van der Waals surface area contributed by atoms with E-state index in [4.69, 9.17) is 0 Å². The van der Waals surface area contributed by atoms with E-state index in [1.165, 1.54) is 173 Å². The molecule has 0 aliphatic heterocycles. The molecule has 1 N–H and O–H groups in total. The molecular formula is C58H83N. The summed E-state index contributed by atoms with van der Waals surface area (Å²) in [5.41, 5.74) is 13.5. The number of hydrogen-bond donors (Lipinski definition) is 1. The molecule has 0 saturated heterocycles. The molecule has 59 heavy (non-hydrogen) atoms. The van der Waals surface area contributed by atoms with Crippen molar-refractivity contribution in [1.82, 2.24) is 5.32 Å². The Labute approximate surface area is 362 Å². The number of unbranched alkanes of at least 4 members (excludes halogenated alkanes) is 2. The van der Waals surface area contributed by atoms with Gasteiger partial charge in [0, 0.05) is 18.0 Å². The zero-order valence-electron chi connectivity index (χ0n) is 37.8. The minimum Gasteiger partial charge on any atom is -0.307 e. The highest BCUT2D eigenvalue weighted by molar-refractivity contribution is 5.42. The summed E-state index contributed by atoms with van der Waals surface area (Å²) >= 11 is 0. The SMILES string of the molecule is CCCCCC(CC)C1=C2CCCCC2C(C2=C3C=CCCC3C(C3=CCC([C@@H]4CC5C=CC=CC5C5=C4CCCC5)CC3N[C@H]3CCC4CCC=C[C@H]4C3)CC2)CC1. The Kier molecular flexibility index (Phi) is 13.0. The van der Waals surface area contributed by atoms with E-state index >= 15 is 0 Å². The van der Waals surface area contributed by atoms with E-state index in [1.54, 1.807) is 0 Å². The second kappa shape index (κ2) is 18.7. The van der Waals surface area contributed by atoms with E-state index in [-0.39, 0.29) is 0 Å². The van der Waals surface area contributed by atoms with Crippen molar-refractivity contribution in [3.05, 3.63) is 93.7 Å². The number of hydrogen-bond acceptors (Lipinski definition) is 1. The monoisotopic (exact) mass is 794 g/mol. The van der Waals surface area contributed by atoms with Gasteiger partial charge in [-0.2, -0.15) is 0 Å². The zero-order chi connectivity index (χ0) is 39.7. The maximum absolute atomic E-state index is 4.60. The van der Waals surface area contributed by atoms with E-state index in [0.29, 0.717) is 18.0 Å². The summed E-state index contributed by atoms with van der Waals surface area (Å²) in [5, 5.41) is 4.60. The van der Waals surface area contributed by atoms with Crippen molar-refractivity contribution >= 4 is 0 Å². The van der Waals surface area contributed by atoms with Crippen LogP contribution in [0.3, 0.4) is 0 Å². The van der Waals surface area contributed by atoms with Crippen LogP contribution >= 0.6 is 0 Å². The topological polar surface area (TPSA) is 12.0 Å². The molecule has 0 aromatic heterocycles. The Balaban J connectivity index is 0.945. The minimum atomic E-state index is 0.567. The first-order valence-corrected chi connectivity index (χ1v) is 26.5. The summed E-state index contributed by atoms with van der Waals surface area (Å²) in [4.78, 5) is 0. The standard InChI is InChI=1S/C58H83N/c1-3-5-6-17-39(4-2)46-32-33-53(49-24-13-11-23-48(46)49)54-34-35-55(51-26-15-14-25-50(51)54)56-31-29-43(38-58(56)59-44-30-28-40-18-7-8-19-41(40)36-44)57-37-42-20-9-10-21-45(42)47-22-12-16-27-52(47)57/h8-10,14,19-21,25,31,39-45,49,51,53,55,57-59H,3-7,11-13,15-18,22-24,26-30,32-38H2,1-2H3/t39?,40?,41-,42?,43?,44-,45?,49?,51?,53?,55?,57-,58?/m0/s1. The highest BCUT2D eigenvalue weighted by atomic mass is 15.0. The molecule has 0 heterocycles. The molecular weight excluding hydrogens is 711 g/mol. The van der Waals surface area contributed by atoms with Gasteiger partial charge in [-0.05, 0) is 212 Å². The molecule has 10 unspecified atom stereocenters. The normalized spacial score (nSPS) is 39.9. The van der Waals surface area contributed by atoms with E-state index in [9.17, 15) is 0 Å². The molecule has 0 amide bonds. The van der Waals surface area contributed by atoms with Crippen molar-refractivity contribution < 1.29 is 0 Å². The highest BCUT2D eigenvalue weighted by Gasteiger charge is 2.46. The van der Waals surface area contributed by atoms with Gasteiger partial charge in [0.15, 0.2) is 0 Å². The van der Waals surface area contributed by atoms with Crippen LogP contribution in [0.15, 0.2) is 93.7 Å². The number of fused-ring (bicyclic) bond motifs is 5. The first-order valence-electron chi connectivity index (χ1n) is 26.5. The fourth-order valence-corrected chi connectivity index (χ4v) is 16.4. The van der Waals surface area contributed by atoms with Crippen molar-refractivity contribution in [3.8, 4) is 0 Å². The third kappa shape index (κ3) is 8.29. The second-order valence-corrected chi connectivity index (χ2v) is 22.0. The maximum atomic E-state index is 4.60. The zero-order valence-corrected chi connectivity index (χ0v) is 37.8. The molecule has 10 aliphatic carbocycles. The van der Waals surface area contributed by atoms with Gasteiger partial charge in [0.05, 0.1) is 0 Å². The molecule has 1 nitrogen and oxygen atoms in total. The Hall–Kier alpha value is -2.12. The molecule has 0 radical (unpaired) electrons. The average molecular weight is 794 g/mol. The predicted octanol–water partition coefficient (Wildman–Crippen LogP) is 15.8. The molecule has 0 aromatic carbocycles. The molecule has 13 atom stereocenters. The summed E-state index contributed by atoms with van der Waals surface area (Å²) < 4.78 is 0. The van der Waals surface area contributed by atoms with Crippen molar-refractivity contribution in [1.29, 1.82) is 0 Å². The van der Waals surface area contributed by atoms with Crippen LogP contribution < -0.4 is 5.32 Å². The van der Waals surface area contributed by atoms with E-state index in [0.717, 1.165) is 59.2 Å². The van der Waals surface area contributed by atoms with Gasteiger partial charge in [0.2, 0.25) is 0 Å². The van der Waals surface area contributed by atoms with Crippen molar-refractivity contribution in [2.45, 2.75) is 199 Å². The summed E-state index contributed by atoms with van der Waals surface area (Å²) in [6.07, 6.45) is 61.0. The van der Waals surface area contributed by atoms with Gasteiger partial charge in [0.1, 0.15) is 0 Å². The quantitative estimate of drug-likeness (QED) is 0.162. The Bertz CT molecular complexity index is 1750. The lowest BCUT2D eigenvalue weighted by molar-refractivity contribution is 0.180. The number of rotatable bonds is 11. The molecule has 0 spiro atoms. The van der Waals surface area contributed by atoms with Gasteiger partial charge in [-0.15, -0.1) is 0 Å². The minimum absolute atomic E-state index is 0.567. The molecule has 2 fully saturated rings. The van der Waals surface area contributed by atoms with E-state index in [2.05, 4.69) is 73.8 Å². The lowest BCUT2D eigenvalue weighted by Gasteiger charge is -2.49. The third-order valence-corrected chi connectivity index (χ3v) is 19.1. The van der Waals surface area contributed by atoms with Crippen molar-refractivity contribution in [2.24, 2.45) is 65.1 Å². The fraction of sp³-hybridized carbons (Fsp3) is 0.724. The smallest absolute Gasteiger partial charge is 0.0287 e. The molecule has 320 valence electrons. The van der Waals surface area contributed by atoms with Crippen LogP contribution in [0.5, 0.6) is 0 Å². The van der Waals surface area contributed by atoms with Crippen LogP contribution in [0.2, 0.25) is 0 Å². The summed E-state index contributed by atoms with van der Waals surface area (Å²) in [5.74, 6) is 8.77. The molecule has 10 rings (SSSR count). The van der Waals surface area contributed by atoms with Gasteiger partial charge >= 0.3 is 0 Å². The van der Waals surface area contributed by atoms with Gasteiger partial charge < -0.3 is 5.32 Å². The lowest BCUT2D eigenvalue weighted by atomic mass is 9.57. The lowest BCUT2D eigenvalue weighted by Crippen LogP contribution is -2.48. The largest absolute Gasteiger partial charge is 0.307 e. The molecule has 2 saturated carbocycles. The predicted molar refractivity (Wildman–Crippen MR) is 251 cm³/mol. The maximum Gasteiger partial charge on any atom is 0.0287 e.